The molecule has 0 spiro atoms. The van der Waals surface area contributed by atoms with E-state index in [-0.39, 0.29) is 15.8 Å². The molecule has 0 radical (unpaired) electrons. The number of halogens is 4. The van der Waals surface area contributed by atoms with Gasteiger partial charge in [0, 0.05) is 10.9 Å². The van der Waals surface area contributed by atoms with Gasteiger partial charge in [-0.25, -0.2) is 22.4 Å². The lowest BCUT2D eigenvalue weighted by molar-refractivity contribution is 0.0606. The van der Waals surface area contributed by atoms with Crippen LogP contribution in [0.25, 0.3) is 10.4 Å². The van der Waals surface area contributed by atoms with E-state index in [1.54, 1.807) is 0 Å². The van der Waals surface area contributed by atoms with Crippen LogP contribution in [0, 0.1) is 23.3 Å². The van der Waals surface area contributed by atoms with Gasteiger partial charge in [-0.05, 0) is 12.1 Å². The summed E-state index contributed by atoms with van der Waals surface area (Å²) in [6.07, 6.45) is 0. The average Bonchev–Trinajstić information content (AvgIpc) is 2.85. The number of carbonyl (C=O) groups excluding carboxylic acids is 1. The molecule has 1 heterocycles. The van der Waals surface area contributed by atoms with Gasteiger partial charge in [0.25, 0.3) is 0 Å². The average molecular weight is 290 g/mol. The SMILES string of the molecule is COC(=O)c1ccc(-c2c(F)c(F)cc(F)c2F)s1. The molecule has 0 fully saturated rings. The maximum atomic E-state index is 13.5. The summed E-state index contributed by atoms with van der Waals surface area (Å²) < 4.78 is 57.6. The topological polar surface area (TPSA) is 26.3 Å². The molecule has 0 amide bonds. The Kier molecular flexibility index (Phi) is 3.57. The maximum Gasteiger partial charge on any atom is 0.348 e. The van der Waals surface area contributed by atoms with Crippen LogP contribution >= 0.6 is 11.3 Å². The van der Waals surface area contributed by atoms with E-state index in [4.69, 9.17) is 0 Å². The first-order chi connectivity index (χ1) is 8.95. The van der Waals surface area contributed by atoms with Gasteiger partial charge in [0.05, 0.1) is 12.7 Å². The lowest BCUT2D eigenvalue weighted by Crippen LogP contribution is -1.98. The summed E-state index contributed by atoms with van der Waals surface area (Å²) in [5, 5.41) is 0. The van der Waals surface area contributed by atoms with Crippen LogP contribution in [-0.4, -0.2) is 13.1 Å². The number of benzene rings is 1. The van der Waals surface area contributed by atoms with Gasteiger partial charge in [0.1, 0.15) is 4.88 Å². The molecular weight excluding hydrogens is 284 g/mol. The van der Waals surface area contributed by atoms with Crippen LogP contribution in [0.5, 0.6) is 0 Å². The van der Waals surface area contributed by atoms with Crippen molar-refractivity contribution in [3.8, 4) is 10.4 Å². The predicted octanol–water partition coefficient (Wildman–Crippen LogP) is 3.76. The van der Waals surface area contributed by atoms with Gasteiger partial charge < -0.3 is 4.74 Å². The summed E-state index contributed by atoms with van der Waals surface area (Å²) in [6.45, 7) is 0. The number of rotatable bonds is 2. The Morgan fingerprint density at radius 1 is 1.11 bits per heavy atom. The fourth-order valence-corrected chi connectivity index (χ4v) is 2.43. The number of ether oxygens (including phenoxy) is 1. The monoisotopic (exact) mass is 290 g/mol. The highest BCUT2D eigenvalue weighted by atomic mass is 32.1. The molecular formula is C12H6F4O2S. The molecule has 100 valence electrons. The number of hydrogen-bond donors (Lipinski definition) is 0. The highest BCUT2D eigenvalue weighted by Gasteiger charge is 2.22. The van der Waals surface area contributed by atoms with Gasteiger partial charge in [-0.2, -0.15) is 0 Å². The molecule has 1 aromatic carbocycles. The van der Waals surface area contributed by atoms with Gasteiger partial charge in [-0.15, -0.1) is 11.3 Å². The highest BCUT2D eigenvalue weighted by molar-refractivity contribution is 7.17. The molecule has 2 rings (SSSR count). The molecule has 0 saturated heterocycles. The standard InChI is InChI=1S/C12H6F4O2S/c1-18-12(17)8-3-2-7(19-8)9-10(15)5(13)4-6(14)11(9)16/h2-4H,1H3. The third kappa shape index (κ3) is 2.33. The lowest BCUT2D eigenvalue weighted by Gasteiger charge is -2.04. The molecule has 2 nitrogen and oxygen atoms in total. The van der Waals surface area contributed by atoms with Crippen LogP contribution in [0.3, 0.4) is 0 Å². The van der Waals surface area contributed by atoms with Crippen LogP contribution in [0.2, 0.25) is 0 Å². The molecule has 0 N–H and O–H groups in total. The first-order valence-electron chi connectivity index (χ1n) is 4.97. The lowest BCUT2D eigenvalue weighted by atomic mass is 10.1. The van der Waals surface area contributed by atoms with E-state index in [9.17, 15) is 22.4 Å². The Bertz CT molecular complexity index is 625. The van der Waals surface area contributed by atoms with Crippen molar-refractivity contribution in [1.29, 1.82) is 0 Å². The minimum absolute atomic E-state index is 0.0703. The summed E-state index contributed by atoms with van der Waals surface area (Å²) in [4.78, 5) is 11.2. The van der Waals surface area contributed by atoms with E-state index in [0.717, 1.165) is 7.11 Å². The minimum atomic E-state index is -1.50. The molecule has 0 aliphatic rings. The summed E-state index contributed by atoms with van der Waals surface area (Å²) in [6, 6.07) is 2.58. The third-order valence-corrected chi connectivity index (χ3v) is 3.43. The van der Waals surface area contributed by atoms with Crippen molar-refractivity contribution >= 4 is 17.3 Å². The second kappa shape index (κ2) is 5.00. The first kappa shape index (κ1) is 13.5. The zero-order chi connectivity index (χ0) is 14.2. The predicted molar refractivity (Wildman–Crippen MR) is 60.9 cm³/mol. The van der Waals surface area contributed by atoms with E-state index in [1.165, 1.54) is 12.1 Å². The minimum Gasteiger partial charge on any atom is -0.465 e. The highest BCUT2D eigenvalue weighted by Crippen LogP contribution is 2.34. The number of methoxy groups -OCH3 is 1. The van der Waals surface area contributed by atoms with Crippen molar-refractivity contribution < 1.29 is 27.1 Å². The van der Waals surface area contributed by atoms with Crippen molar-refractivity contribution in [2.45, 2.75) is 0 Å². The molecule has 0 aliphatic heterocycles. The summed E-state index contributed by atoms with van der Waals surface area (Å²) in [5.41, 5.74) is -0.836. The van der Waals surface area contributed by atoms with Crippen LogP contribution in [0.1, 0.15) is 9.67 Å². The maximum absolute atomic E-state index is 13.5. The second-order valence-corrected chi connectivity index (χ2v) is 4.58. The summed E-state index contributed by atoms with van der Waals surface area (Å²) in [7, 11) is 1.14. The van der Waals surface area contributed by atoms with Crippen LogP contribution < -0.4 is 0 Å². The molecule has 0 saturated carbocycles. The number of thiophene rings is 1. The Hall–Kier alpha value is -1.89. The third-order valence-electron chi connectivity index (χ3n) is 2.35. The number of hydrogen-bond acceptors (Lipinski definition) is 3. The van der Waals surface area contributed by atoms with Crippen molar-refractivity contribution in [2.75, 3.05) is 7.11 Å². The first-order valence-corrected chi connectivity index (χ1v) is 5.79. The summed E-state index contributed by atoms with van der Waals surface area (Å²) >= 11 is 0.677. The molecule has 2 aromatic rings. The van der Waals surface area contributed by atoms with Gasteiger partial charge in [-0.1, -0.05) is 0 Å². The van der Waals surface area contributed by atoms with Crippen LogP contribution in [0.4, 0.5) is 17.6 Å². The fourth-order valence-electron chi connectivity index (χ4n) is 1.47. The molecule has 0 atom stereocenters. The number of esters is 1. The smallest absolute Gasteiger partial charge is 0.348 e. The molecule has 0 unspecified atom stereocenters. The molecule has 0 bridgehead atoms. The van der Waals surface area contributed by atoms with E-state index in [1.807, 2.05) is 0 Å². The second-order valence-electron chi connectivity index (χ2n) is 3.50. The van der Waals surface area contributed by atoms with Gasteiger partial charge in [0.2, 0.25) is 0 Å². The molecule has 7 heteroatoms. The zero-order valence-electron chi connectivity index (χ0n) is 9.47. The summed E-state index contributed by atoms with van der Waals surface area (Å²) in [5.74, 6) is -6.70. The zero-order valence-corrected chi connectivity index (χ0v) is 10.3. The molecule has 0 aliphatic carbocycles. The van der Waals surface area contributed by atoms with Gasteiger partial charge in [-0.3, -0.25) is 0 Å². The Morgan fingerprint density at radius 2 is 1.68 bits per heavy atom. The van der Waals surface area contributed by atoms with Crippen molar-refractivity contribution in [2.24, 2.45) is 0 Å². The van der Waals surface area contributed by atoms with E-state index in [2.05, 4.69) is 4.74 Å². The Balaban J connectivity index is 2.59. The van der Waals surface area contributed by atoms with E-state index < -0.39 is 34.8 Å². The fraction of sp³-hybridized carbons (Fsp3) is 0.0833. The van der Waals surface area contributed by atoms with Crippen molar-refractivity contribution in [3.05, 3.63) is 46.3 Å². The quantitative estimate of drug-likeness (QED) is 0.478. The number of carbonyl (C=O) groups is 1. The largest absolute Gasteiger partial charge is 0.465 e. The molecule has 19 heavy (non-hydrogen) atoms. The van der Waals surface area contributed by atoms with Crippen LogP contribution in [0.15, 0.2) is 18.2 Å². The van der Waals surface area contributed by atoms with Crippen LogP contribution in [-0.2, 0) is 4.74 Å². The van der Waals surface area contributed by atoms with Crippen molar-refractivity contribution in [3.63, 3.8) is 0 Å². The Morgan fingerprint density at radius 3 is 2.21 bits per heavy atom. The van der Waals surface area contributed by atoms with Gasteiger partial charge in [0.15, 0.2) is 23.3 Å². The van der Waals surface area contributed by atoms with Gasteiger partial charge >= 0.3 is 5.97 Å². The van der Waals surface area contributed by atoms with Crippen molar-refractivity contribution in [1.82, 2.24) is 0 Å². The van der Waals surface area contributed by atoms with E-state index in [0.29, 0.717) is 11.3 Å². The molecule has 1 aromatic heterocycles. The van der Waals surface area contributed by atoms with E-state index >= 15 is 0 Å². The normalized spacial score (nSPS) is 10.6. The Labute approximate surface area is 109 Å².